The smallest absolute Gasteiger partial charge is 0.335 e. The SMILES string of the molecule is C=C1C=CC(=O)N1c1cccc(C(=O)ONC(=O)CCC=O)c1. The molecule has 0 spiro atoms. The van der Waals surface area contributed by atoms with Crippen LogP contribution in [0.1, 0.15) is 23.2 Å². The van der Waals surface area contributed by atoms with Gasteiger partial charge in [-0.1, -0.05) is 12.6 Å². The van der Waals surface area contributed by atoms with Crippen LogP contribution in [0.4, 0.5) is 5.69 Å². The number of carbonyl (C=O) groups excluding carboxylic acids is 4. The van der Waals surface area contributed by atoms with Crippen LogP contribution in [0, 0.1) is 0 Å². The van der Waals surface area contributed by atoms with Gasteiger partial charge in [0.2, 0.25) is 0 Å². The molecule has 7 nitrogen and oxygen atoms in total. The zero-order chi connectivity index (χ0) is 16.8. The summed E-state index contributed by atoms with van der Waals surface area (Å²) in [6.07, 6.45) is 3.52. The number of carbonyl (C=O) groups is 4. The first-order chi connectivity index (χ1) is 11.0. The molecule has 0 saturated heterocycles. The molecule has 118 valence electrons. The van der Waals surface area contributed by atoms with Gasteiger partial charge < -0.3 is 9.63 Å². The van der Waals surface area contributed by atoms with Gasteiger partial charge in [0, 0.05) is 24.6 Å². The zero-order valence-corrected chi connectivity index (χ0v) is 12.2. The van der Waals surface area contributed by atoms with Gasteiger partial charge in [0.05, 0.1) is 11.3 Å². The largest absolute Gasteiger partial charge is 0.363 e. The summed E-state index contributed by atoms with van der Waals surface area (Å²) in [5.74, 6) is -1.62. The Morgan fingerprint density at radius 1 is 1.30 bits per heavy atom. The predicted octanol–water partition coefficient (Wildman–Crippen LogP) is 1.27. The second kappa shape index (κ2) is 7.17. The maximum absolute atomic E-state index is 11.9. The molecule has 1 heterocycles. The van der Waals surface area contributed by atoms with Crippen LogP contribution in [0.15, 0.2) is 48.7 Å². The van der Waals surface area contributed by atoms with E-state index in [0.717, 1.165) is 0 Å². The van der Waals surface area contributed by atoms with Crippen molar-refractivity contribution in [1.82, 2.24) is 5.48 Å². The highest BCUT2D eigenvalue weighted by Crippen LogP contribution is 2.24. The quantitative estimate of drug-likeness (QED) is 0.652. The van der Waals surface area contributed by atoms with E-state index in [0.29, 0.717) is 17.7 Å². The highest BCUT2D eigenvalue weighted by Gasteiger charge is 2.21. The number of benzene rings is 1. The third kappa shape index (κ3) is 3.91. The van der Waals surface area contributed by atoms with Gasteiger partial charge in [0.1, 0.15) is 6.29 Å². The Labute approximate surface area is 132 Å². The molecular formula is C16H14N2O5. The van der Waals surface area contributed by atoms with Crippen LogP contribution in [-0.4, -0.2) is 24.1 Å². The summed E-state index contributed by atoms with van der Waals surface area (Å²) in [6, 6.07) is 6.17. The van der Waals surface area contributed by atoms with Crippen molar-refractivity contribution in [3.8, 4) is 0 Å². The van der Waals surface area contributed by atoms with Gasteiger partial charge >= 0.3 is 5.97 Å². The average Bonchev–Trinajstić information content (AvgIpc) is 2.89. The normalized spacial score (nSPS) is 13.1. The number of hydrogen-bond acceptors (Lipinski definition) is 5. The number of hydroxylamine groups is 1. The third-order valence-corrected chi connectivity index (χ3v) is 3.01. The first-order valence-electron chi connectivity index (χ1n) is 6.77. The second-order valence-corrected chi connectivity index (χ2v) is 4.67. The van der Waals surface area contributed by atoms with E-state index in [1.165, 1.54) is 23.1 Å². The lowest BCUT2D eigenvalue weighted by atomic mass is 10.2. The number of allylic oxidation sites excluding steroid dienone is 1. The van der Waals surface area contributed by atoms with E-state index >= 15 is 0 Å². The Morgan fingerprint density at radius 3 is 2.74 bits per heavy atom. The summed E-state index contributed by atoms with van der Waals surface area (Å²) in [7, 11) is 0. The van der Waals surface area contributed by atoms with Crippen LogP contribution >= 0.6 is 0 Å². The molecule has 2 amide bonds. The molecule has 2 rings (SSSR count). The minimum atomic E-state index is -0.781. The highest BCUT2D eigenvalue weighted by atomic mass is 16.7. The first-order valence-corrected chi connectivity index (χ1v) is 6.77. The van der Waals surface area contributed by atoms with Gasteiger partial charge in [-0.25, -0.2) is 4.79 Å². The van der Waals surface area contributed by atoms with Crippen molar-refractivity contribution in [2.24, 2.45) is 0 Å². The standard InChI is InChI=1S/C16H14N2O5/c1-11-7-8-15(21)18(11)13-5-2-4-12(10-13)16(22)23-17-14(20)6-3-9-19/h2,4-5,7-10H,1,3,6H2,(H,17,20). The van der Waals surface area contributed by atoms with E-state index in [1.54, 1.807) is 18.2 Å². The van der Waals surface area contributed by atoms with E-state index in [2.05, 4.69) is 11.4 Å². The molecule has 0 saturated carbocycles. The van der Waals surface area contributed by atoms with Crippen molar-refractivity contribution < 1.29 is 24.0 Å². The molecule has 0 atom stereocenters. The number of anilines is 1. The molecule has 0 aliphatic carbocycles. The number of rotatable bonds is 5. The van der Waals surface area contributed by atoms with Gasteiger partial charge in [-0.15, -0.1) is 0 Å². The number of amides is 2. The molecule has 1 aliphatic rings. The molecule has 23 heavy (non-hydrogen) atoms. The van der Waals surface area contributed by atoms with Crippen LogP contribution in [0.3, 0.4) is 0 Å². The Hall–Kier alpha value is -3.22. The lowest BCUT2D eigenvalue weighted by Crippen LogP contribution is -2.27. The Morgan fingerprint density at radius 2 is 2.09 bits per heavy atom. The molecule has 0 unspecified atom stereocenters. The molecule has 0 aromatic heterocycles. The van der Waals surface area contributed by atoms with Crippen molar-refractivity contribution in [3.05, 3.63) is 54.3 Å². The molecule has 1 N–H and O–H groups in total. The number of nitrogens with zero attached hydrogens (tertiary/aromatic N) is 1. The molecule has 1 aromatic rings. The van der Waals surface area contributed by atoms with Crippen LogP contribution in [0.25, 0.3) is 0 Å². The third-order valence-electron chi connectivity index (χ3n) is 3.01. The first kappa shape index (κ1) is 16.2. The highest BCUT2D eigenvalue weighted by molar-refractivity contribution is 6.08. The van der Waals surface area contributed by atoms with Gasteiger partial charge in [0.25, 0.3) is 11.8 Å². The zero-order valence-electron chi connectivity index (χ0n) is 12.2. The molecule has 0 fully saturated rings. The summed E-state index contributed by atoms with van der Waals surface area (Å²) >= 11 is 0. The van der Waals surface area contributed by atoms with E-state index in [4.69, 9.17) is 0 Å². The Bertz CT molecular complexity index is 690. The number of nitrogens with one attached hydrogen (secondary N) is 1. The maximum Gasteiger partial charge on any atom is 0.363 e. The second-order valence-electron chi connectivity index (χ2n) is 4.67. The fourth-order valence-corrected chi connectivity index (χ4v) is 1.93. The van der Waals surface area contributed by atoms with Crippen LogP contribution in [-0.2, 0) is 19.2 Å². The Kier molecular flexibility index (Phi) is 5.03. The van der Waals surface area contributed by atoms with Crippen molar-refractivity contribution >= 4 is 29.8 Å². The van der Waals surface area contributed by atoms with Crippen LogP contribution < -0.4 is 10.4 Å². The van der Waals surface area contributed by atoms with E-state index < -0.39 is 11.9 Å². The minimum absolute atomic E-state index is 0.0467. The van der Waals surface area contributed by atoms with E-state index in [9.17, 15) is 19.2 Å². The van der Waals surface area contributed by atoms with E-state index in [1.807, 2.05) is 5.48 Å². The maximum atomic E-state index is 11.9. The van der Waals surface area contributed by atoms with Gasteiger partial charge in [-0.3, -0.25) is 14.5 Å². The molecule has 1 aliphatic heterocycles. The Balaban J connectivity index is 2.03. The summed E-state index contributed by atoms with van der Waals surface area (Å²) in [4.78, 5) is 51.1. The minimum Gasteiger partial charge on any atom is -0.335 e. The van der Waals surface area contributed by atoms with Crippen molar-refractivity contribution in [3.63, 3.8) is 0 Å². The van der Waals surface area contributed by atoms with E-state index in [-0.39, 0.29) is 24.3 Å². The lowest BCUT2D eigenvalue weighted by molar-refractivity contribution is -0.130. The van der Waals surface area contributed by atoms with Crippen molar-refractivity contribution in [2.45, 2.75) is 12.8 Å². The fraction of sp³-hybridized carbons (Fsp3) is 0.125. The average molecular weight is 314 g/mol. The molecular weight excluding hydrogens is 300 g/mol. The molecule has 0 radical (unpaired) electrons. The number of aldehydes is 1. The summed E-state index contributed by atoms with van der Waals surface area (Å²) in [6.45, 7) is 3.74. The molecule has 1 aromatic carbocycles. The summed E-state index contributed by atoms with van der Waals surface area (Å²) < 4.78 is 0. The van der Waals surface area contributed by atoms with Gasteiger partial charge in [-0.05, 0) is 24.3 Å². The van der Waals surface area contributed by atoms with Crippen molar-refractivity contribution in [1.29, 1.82) is 0 Å². The fourth-order valence-electron chi connectivity index (χ4n) is 1.93. The van der Waals surface area contributed by atoms with Crippen LogP contribution in [0.5, 0.6) is 0 Å². The van der Waals surface area contributed by atoms with Gasteiger partial charge in [-0.2, -0.15) is 5.48 Å². The summed E-state index contributed by atoms with van der Waals surface area (Å²) in [5, 5.41) is 0. The summed E-state index contributed by atoms with van der Waals surface area (Å²) in [5.41, 5.74) is 3.08. The predicted molar refractivity (Wildman–Crippen MR) is 81.1 cm³/mol. The monoisotopic (exact) mass is 314 g/mol. The molecule has 0 bridgehead atoms. The van der Waals surface area contributed by atoms with Crippen molar-refractivity contribution in [2.75, 3.05) is 4.90 Å². The molecule has 7 heteroatoms. The lowest BCUT2D eigenvalue weighted by Gasteiger charge is -2.17. The topological polar surface area (TPSA) is 92.8 Å². The van der Waals surface area contributed by atoms with Gasteiger partial charge in [0.15, 0.2) is 0 Å². The number of hydrogen-bond donors (Lipinski definition) is 1. The van der Waals surface area contributed by atoms with Crippen LogP contribution in [0.2, 0.25) is 0 Å².